The Labute approximate surface area is 132 Å². The highest BCUT2D eigenvalue weighted by Crippen LogP contribution is 2.59. The maximum atomic E-state index is 12.7. The average Bonchev–Trinajstić information content (AvgIpc) is 2.45. The van der Waals surface area contributed by atoms with E-state index in [4.69, 9.17) is 19.5 Å². The molecule has 132 valence electrons. The quantitative estimate of drug-likeness (QED) is 0.713. The first-order valence-corrected chi connectivity index (χ1v) is 8.36. The van der Waals surface area contributed by atoms with E-state index in [1.54, 1.807) is 13.8 Å². The van der Waals surface area contributed by atoms with Gasteiger partial charge in [-0.3, -0.25) is 4.57 Å². The Bertz CT molecular complexity index is 557. The molecule has 23 heavy (non-hydrogen) atoms. The summed E-state index contributed by atoms with van der Waals surface area (Å²) in [6, 6.07) is 3.29. The highest BCUT2D eigenvalue weighted by atomic mass is 31.2. The van der Waals surface area contributed by atoms with Crippen LogP contribution in [0.2, 0.25) is 0 Å². The first kappa shape index (κ1) is 19.8. The Balaban J connectivity index is 3.18. The second-order valence-corrected chi connectivity index (χ2v) is 6.42. The fourth-order valence-electron chi connectivity index (χ4n) is 1.86. The molecule has 10 heteroatoms. The van der Waals surface area contributed by atoms with Gasteiger partial charge in [0.05, 0.1) is 20.3 Å². The van der Waals surface area contributed by atoms with E-state index in [9.17, 15) is 17.7 Å². The highest BCUT2D eigenvalue weighted by Gasteiger charge is 2.36. The van der Waals surface area contributed by atoms with Gasteiger partial charge in [0.25, 0.3) is 0 Å². The van der Waals surface area contributed by atoms with Gasteiger partial charge >= 0.3 is 14.0 Å². The minimum absolute atomic E-state index is 0.0149. The molecule has 1 rings (SSSR count). The largest absolute Gasteiger partial charge is 0.573 e. The zero-order valence-corrected chi connectivity index (χ0v) is 13.8. The second-order valence-electron chi connectivity index (χ2n) is 4.27. The molecule has 0 fully saturated rings. The Morgan fingerprint density at radius 1 is 1.22 bits per heavy atom. The van der Waals surface area contributed by atoms with Crippen molar-refractivity contribution in [2.24, 2.45) is 5.73 Å². The molecule has 0 saturated carbocycles. The summed E-state index contributed by atoms with van der Waals surface area (Å²) in [5.74, 6) is -1.70. The van der Waals surface area contributed by atoms with Crippen LogP contribution in [0.15, 0.2) is 18.2 Å². The number of hydrogen-bond donors (Lipinski definition) is 1. The summed E-state index contributed by atoms with van der Waals surface area (Å²) < 4.78 is 68.5. The number of halogens is 3. The van der Waals surface area contributed by atoms with Gasteiger partial charge in [-0.25, -0.2) is 0 Å². The van der Waals surface area contributed by atoms with Crippen LogP contribution in [0.25, 0.3) is 0 Å². The van der Waals surface area contributed by atoms with Gasteiger partial charge in [0.15, 0.2) is 0 Å². The minimum atomic E-state index is -4.83. The second kappa shape index (κ2) is 8.01. The molecule has 0 radical (unpaired) electrons. The van der Waals surface area contributed by atoms with Crippen molar-refractivity contribution < 1.29 is 36.3 Å². The number of methoxy groups -OCH3 is 1. The van der Waals surface area contributed by atoms with Gasteiger partial charge in [0.2, 0.25) is 0 Å². The summed E-state index contributed by atoms with van der Waals surface area (Å²) in [5, 5.41) is 0. The highest BCUT2D eigenvalue weighted by molar-refractivity contribution is 7.54. The molecule has 6 nitrogen and oxygen atoms in total. The first-order chi connectivity index (χ1) is 10.7. The van der Waals surface area contributed by atoms with Gasteiger partial charge in [0, 0.05) is 11.6 Å². The van der Waals surface area contributed by atoms with E-state index in [2.05, 4.69) is 4.74 Å². The van der Waals surface area contributed by atoms with Crippen LogP contribution in [0.5, 0.6) is 11.5 Å². The Morgan fingerprint density at radius 3 is 2.22 bits per heavy atom. The van der Waals surface area contributed by atoms with Crippen LogP contribution in [0, 0.1) is 0 Å². The van der Waals surface area contributed by atoms with Crippen molar-refractivity contribution in [2.75, 3.05) is 20.3 Å². The van der Waals surface area contributed by atoms with Crippen molar-refractivity contribution in [3.8, 4) is 11.5 Å². The van der Waals surface area contributed by atoms with E-state index >= 15 is 0 Å². The lowest BCUT2D eigenvalue weighted by atomic mass is 10.2. The first-order valence-electron chi connectivity index (χ1n) is 6.75. The van der Waals surface area contributed by atoms with Gasteiger partial charge in [-0.05, 0) is 26.0 Å². The number of hydrogen-bond acceptors (Lipinski definition) is 6. The molecule has 0 aliphatic rings. The van der Waals surface area contributed by atoms with E-state index < -0.39 is 25.5 Å². The van der Waals surface area contributed by atoms with Crippen LogP contribution in [-0.2, 0) is 13.6 Å². The molecule has 1 aromatic carbocycles. The number of alkyl halides is 3. The number of nitrogens with two attached hydrogens (primary N) is 1. The smallest absolute Gasteiger partial charge is 0.496 e. The summed E-state index contributed by atoms with van der Waals surface area (Å²) in [5.41, 5.74) is 6.13. The molecule has 0 saturated heterocycles. The van der Waals surface area contributed by atoms with Gasteiger partial charge in [-0.2, -0.15) is 0 Å². The maximum absolute atomic E-state index is 12.7. The van der Waals surface area contributed by atoms with Crippen LogP contribution in [0.1, 0.15) is 25.2 Å². The molecule has 0 spiro atoms. The van der Waals surface area contributed by atoms with Crippen molar-refractivity contribution in [1.29, 1.82) is 0 Å². The van der Waals surface area contributed by atoms with Crippen molar-refractivity contribution in [1.82, 2.24) is 0 Å². The molecular formula is C13H19F3NO5P. The Hall–Kier alpha value is -1.28. The molecule has 0 unspecified atom stereocenters. The average molecular weight is 357 g/mol. The van der Waals surface area contributed by atoms with Crippen molar-refractivity contribution in [3.05, 3.63) is 23.8 Å². The molecule has 1 aromatic rings. The van der Waals surface area contributed by atoms with Crippen LogP contribution >= 0.6 is 7.60 Å². The lowest BCUT2D eigenvalue weighted by Crippen LogP contribution is -2.18. The molecule has 0 heterocycles. The Kier molecular flexibility index (Phi) is 6.88. The van der Waals surface area contributed by atoms with E-state index in [-0.39, 0.29) is 24.5 Å². The van der Waals surface area contributed by atoms with E-state index in [0.29, 0.717) is 0 Å². The standard InChI is InChI=1S/C13H19F3NO5P/c1-4-20-23(18,21-5-2)12(17)10-7-6-9(8-11(10)19-3)22-13(14,15)16/h6-8,12H,4-5,17H2,1-3H3/t12-/m0/s1. The molecule has 0 amide bonds. The lowest BCUT2D eigenvalue weighted by molar-refractivity contribution is -0.274. The molecule has 0 aromatic heterocycles. The topological polar surface area (TPSA) is 80.0 Å². The number of rotatable bonds is 8. The van der Waals surface area contributed by atoms with Gasteiger partial charge in [0.1, 0.15) is 17.3 Å². The van der Waals surface area contributed by atoms with Crippen LogP contribution in [0.4, 0.5) is 13.2 Å². The monoisotopic (exact) mass is 357 g/mol. The summed E-state index contributed by atoms with van der Waals surface area (Å²) in [6.45, 7) is 3.44. The fourth-order valence-corrected chi connectivity index (χ4v) is 3.53. The summed E-state index contributed by atoms with van der Waals surface area (Å²) in [7, 11) is -2.45. The summed E-state index contributed by atoms with van der Waals surface area (Å²) >= 11 is 0. The minimum Gasteiger partial charge on any atom is -0.496 e. The zero-order chi connectivity index (χ0) is 17.7. The zero-order valence-electron chi connectivity index (χ0n) is 12.9. The van der Waals surface area contributed by atoms with Gasteiger partial charge in [-0.15, -0.1) is 13.2 Å². The molecule has 0 aliphatic carbocycles. The van der Waals surface area contributed by atoms with E-state index in [1.165, 1.54) is 13.2 Å². The van der Waals surface area contributed by atoms with Crippen molar-refractivity contribution in [2.45, 2.75) is 26.0 Å². The van der Waals surface area contributed by atoms with E-state index in [1.807, 2.05) is 0 Å². The van der Waals surface area contributed by atoms with Gasteiger partial charge in [-0.1, -0.05) is 0 Å². The van der Waals surface area contributed by atoms with Crippen molar-refractivity contribution in [3.63, 3.8) is 0 Å². The lowest BCUT2D eigenvalue weighted by Gasteiger charge is -2.25. The fraction of sp³-hybridized carbons (Fsp3) is 0.538. The van der Waals surface area contributed by atoms with Crippen LogP contribution in [-0.4, -0.2) is 26.7 Å². The van der Waals surface area contributed by atoms with Crippen LogP contribution < -0.4 is 15.2 Å². The third-order valence-corrected chi connectivity index (χ3v) is 4.91. The number of ether oxygens (including phenoxy) is 2. The third kappa shape index (κ3) is 5.39. The van der Waals surface area contributed by atoms with Gasteiger partial charge < -0.3 is 24.3 Å². The third-order valence-electron chi connectivity index (χ3n) is 2.72. The molecule has 0 aliphatic heterocycles. The molecule has 1 atom stereocenters. The molecular weight excluding hydrogens is 338 g/mol. The molecule has 0 bridgehead atoms. The molecule has 2 N–H and O–H groups in total. The predicted octanol–water partition coefficient (Wildman–Crippen LogP) is 3.82. The predicted molar refractivity (Wildman–Crippen MR) is 77.5 cm³/mol. The Morgan fingerprint density at radius 2 is 1.78 bits per heavy atom. The summed E-state index contributed by atoms with van der Waals surface area (Å²) in [4.78, 5) is 0. The SMILES string of the molecule is CCOP(=O)(OCC)[C@H](N)c1ccc(OC(F)(F)F)cc1OC. The number of benzene rings is 1. The van der Waals surface area contributed by atoms with Crippen LogP contribution in [0.3, 0.4) is 0 Å². The van der Waals surface area contributed by atoms with E-state index in [0.717, 1.165) is 12.1 Å². The normalized spacial score (nSPS) is 13.7. The summed E-state index contributed by atoms with van der Waals surface area (Å²) in [6.07, 6.45) is -4.83. The maximum Gasteiger partial charge on any atom is 0.573 e. The van der Waals surface area contributed by atoms with Crippen molar-refractivity contribution >= 4 is 7.60 Å².